The van der Waals surface area contributed by atoms with Crippen LogP contribution in [-0.4, -0.2) is 36.1 Å². The van der Waals surface area contributed by atoms with Crippen LogP contribution in [0.5, 0.6) is 0 Å². The highest BCUT2D eigenvalue weighted by molar-refractivity contribution is 7.09. The van der Waals surface area contributed by atoms with E-state index in [-0.39, 0.29) is 5.97 Å². The third kappa shape index (κ3) is 5.14. The molecular formula is C13H22N2O2S. The average molecular weight is 270 g/mol. The summed E-state index contributed by atoms with van der Waals surface area (Å²) in [4.78, 5) is 17.9. The molecule has 1 rings (SSSR count). The lowest BCUT2D eigenvalue weighted by molar-refractivity contribution is -0.141. The quantitative estimate of drug-likeness (QED) is 0.681. The Bertz CT molecular complexity index is 366. The first-order valence-corrected chi connectivity index (χ1v) is 7.30. The van der Waals surface area contributed by atoms with Crippen molar-refractivity contribution in [2.75, 3.05) is 20.2 Å². The summed E-state index contributed by atoms with van der Waals surface area (Å²) >= 11 is 1.73. The van der Waals surface area contributed by atoms with E-state index < -0.39 is 0 Å². The summed E-state index contributed by atoms with van der Waals surface area (Å²) in [5, 5.41) is 3.32. The summed E-state index contributed by atoms with van der Waals surface area (Å²) < 4.78 is 4.65. The van der Waals surface area contributed by atoms with Gasteiger partial charge in [-0.1, -0.05) is 13.8 Å². The molecule has 0 atom stereocenters. The first-order valence-electron chi connectivity index (χ1n) is 6.42. The average Bonchev–Trinajstić information content (AvgIpc) is 2.81. The van der Waals surface area contributed by atoms with E-state index in [2.05, 4.69) is 33.8 Å². The van der Waals surface area contributed by atoms with Gasteiger partial charge in [0.2, 0.25) is 0 Å². The minimum atomic E-state index is -0.154. The minimum absolute atomic E-state index is 0.154. The van der Waals surface area contributed by atoms with E-state index in [0.717, 1.165) is 38.2 Å². The number of hydrogen-bond acceptors (Lipinski definition) is 5. The van der Waals surface area contributed by atoms with Gasteiger partial charge < -0.3 is 4.74 Å². The molecule has 1 heterocycles. The molecule has 0 saturated carbocycles. The van der Waals surface area contributed by atoms with Crippen LogP contribution < -0.4 is 0 Å². The van der Waals surface area contributed by atoms with Crippen LogP contribution in [0, 0.1) is 0 Å². The Kier molecular flexibility index (Phi) is 6.90. The van der Waals surface area contributed by atoms with E-state index in [9.17, 15) is 4.79 Å². The maximum Gasteiger partial charge on any atom is 0.306 e. The van der Waals surface area contributed by atoms with Crippen LogP contribution in [0.2, 0.25) is 0 Å². The first kappa shape index (κ1) is 15.1. The zero-order valence-corrected chi connectivity index (χ0v) is 12.3. The Morgan fingerprint density at radius 2 is 2.28 bits per heavy atom. The van der Waals surface area contributed by atoms with Crippen LogP contribution in [0.3, 0.4) is 0 Å². The smallest absolute Gasteiger partial charge is 0.306 e. The maximum atomic E-state index is 11.1. The molecule has 4 nitrogen and oxygen atoms in total. The second-order valence-electron chi connectivity index (χ2n) is 4.18. The van der Waals surface area contributed by atoms with Crippen molar-refractivity contribution in [3.05, 3.63) is 16.1 Å². The number of aryl methyl sites for hydroxylation is 1. The van der Waals surface area contributed by atoms with Gasteiger partial charge in [-0.2, -0.15) is 0 Å². The zero-order chi connectivity index (χ0) is 13.4. The van der Waals surface area contributed by atoms with Crippen molar-refractivity contribution in [3.63, 3.8) is 0 Å². The highest BCUT2D eigenvalue weighted by Crippen LogP contribution is 2.13. The van der Waals surface area contributed by atoms with Crippen molar-refractivity contribution >= 4 is 17.3 Å². The number of carbonyl (C=O) groups excluding carboxylic acids is 1. The molecule has 0 N–H and O–H groups in total. The molecule has 0 unspecified atom stereocenters. The molecule has 5 heteroatoms. The van der Waals surface area contributed by atoms with Gasteiger partial charge in [0.05, 0.1) is 24.2 Å². The minimum Gasteiger partial charge on any atom is -0.469 e. The van der Waals surface area contributed by atoms with Crippen LogP contribution in [0.4, 0.5) is 0 Å². The lowest BCUT2D eigenvalue weighted by Crippen LogP contribution is -2.26. The fourth-order valence-corrected chi connectivity index (χ4v) is 2.57. The fourth-order valence-electron chi connectivity index (χ4n) is 1.68. The standard InChI is InChI=1S/C13H22N2O2S/c1-4-6-12-14-11(10-18-12)9-15(5-2)8-7-13(16)17-3/h10H,4-9H2,1-3H3. The normalized spacial score (nSPS) is 10.9. The monoisotopic (exact) mass is 270 g/mol. The Morgan fingerprint density at radius 3 is 2.89 bits per heavy atom. The summed E-state index contributed by atoms with van der Waals surface area (Å²) in [5.74, 6) is -0.154. The molecule has 0 radical (unpaired) electrons. The lowest BCUT2D eigenvalue weighted by Gasteiger charge is -2.18. The molecule has 0 fully saturated rings. The van der Waals surface area contributed by atoms with Gasteiger partial charge in [-0.15, -0.1) is 11.3 Å². The molecule has 1 aromatic rings. The van der Waals surface area contributed by atoms with E-state index in [0.29, 0.717) is 6.42 Å². The predicted molar refractivity (Wildman–Crippen MR) is 73.7 cm³/mol. The number of ether oxygens (including phenoxy) is 1. The van der Waals surface area contributed by atoms with Crippen molar-refractivity contribution in [1.82, 2.24) is 9.88 Å². The highest BCUT2D eigenvalue weighted by atomic mass is 32.1. The largest absolute Gasteiger partial charge is 0.469 e. The number of methoxy groups -OCH3 is 1. The van der Waals surface area contributed by atoms with Crippen molar-refractivity contribution in [2.45, 2.75) is 39.7 Å². The predicted octanol–water partition coefficient (Wildman–Crippen LogP) is 2.48. The van der Waals surface area contributed by atoms with Crippen LogP contribution in [0.1, 0.15) is 37.4 Å². The summed E-state index contributed by atoms with van der Waals surface area (Å²) in [6.45, 7) is 6.71. The van der Waals surface area contributed by atoms with Gasteiger partial charge in [0, 0.05) is 18.5 Å². The zero-order valence-electron chi connectivity index (χ0n) is 11.4. The Balaban J connectivity index is 2.43. The molecule has 0 bridgehead atoms. The number of thiazole rings is 1. The van der Waals surface area contributed by atoms with Gasteiger partial charge in [0.25, 0.3) is 0 Å². The van der Waals surface area contributed by atoms with Gasteiger partial charge in [0.1, 0.15) is 0 Å². The molecule has 0 aliphatic carbocycles. The van der Waals surface area contributed by atoms with Crippen molar-refractivity contribution in [1.29, 1.82) is 0 Å². The number of carbonyl (C=O) groups is 1. The summed E-state index contributed by atoms with van der Waals surface area (Å²) in [6, 6.07) is 0. The molecule has 102 valence electrons. The molecule has 0 saturated heterocycles. The number of esters is 1. The molecule has 0 spiro atoms. The summed E-state index contributed by atoms with van der Waals surface area (Å²) in [7, 11) is 1.43. The molecule has 0 aliphatic heterocycles. The third-order valence-electron chi connectivity index (χ3n) is 2.76. The molecule has 0 amide bonds. The van der Waals surface area contributed by atoms with Gasteiger partial charge in [-0.05, 0) is 19.4 Å². The molecule has 1 aromatic heterocycles. The number of aromatic nitrogens is 1. The van der Waals surface area contributed by atoms with E-state index in [1.807, 2.05) is 0 Å². The van der Waals surface area contributed by atoms with Gasteiger partial charge in [-0.25, -0.2) is 4.98 Å². The van der Waals surface area contributed by atoms with E-state index in [1.54, 1.807) is 11.3 Å². The number of hydrogen-bond donors (Lipinski definition) is 0. The van der Waals surface area contributed by atoms with E-state index in [1.165, 1.54) is 12.1 Å². The fraction of sp³-hybridized carbons (Fsp3) is 0.692. The van der Waals surface area contributed by atoms with Crippen LogP contribution in [0.25, 0.3) is 0 Å². The summed E-state index contributed by atoms with van der Waals surface area (Å²) in [5.41, 5.74) is 1.11. The topological polar surface area (TPSA) is 42.4 Å². The van der Waals surface area contributed by atoms with Crippen molar-refractivity contribution in [2.24, 2.45) is 0 Å². The van der Waals surface area contributed by atoms with Gasteiger partial charge in [-0.3, -0.25) is 9.69 Å². The number of rotatable bonds is 8. The second-order valence-corrected chi connectivity index (χ2v) is 5.12. The van der Waals surface area contributed by atoms with Gasteiger partial charge >= 0.3 is 5.97 Å². The Morgan fingerprint density at radius 1 is 1.50 bits per heavy atom. The van der Waals surface area contributed by atoms with Gasteiger partial charge in [0.15, 0.2) is 0 Å². The highest BCUT2D eigenvalue weighted by Gasteiger charge is 2.09. The van der Waals surface area contributed by atoms with Crippen LogP contribution in [0.15, 0.2) is 5.38 Å². The van der Waals surface area contributed by atoms with E-state index in [4.69, 9.17) is 0 Å². The molecular weight excluding hydrogens is 248 g/mol. The van der Waals surface area contributed by atoms with Crippen LogP contribution >= 0.6 is 11.3 Å². The Labute approximate surface area is 113 Å². The Hall–Kier alpha value is -0.940. The molecule has 18 heavy (non-hydrogen) atoms. The molecule has 0 aromatic carbocycles. The number of nitrogens with zero attached hydrogens (tertiary/aromatic N) is 2. The lowest BCUT2D eigenvalue weighted by atomic mass is 10.3. The van der Waals surface area contributed by atoms with Crippen LogP contribution in [-0.2, 0) is 22.5 Å². The maximum absolute atomic E-state index is 11.1. The second kappa shape index (κ2) is 8.21. The van der Waals surface area contributed by atoms with Crippen molar-refractivity contribution in [3.8, 4) is 0 Å². The summed E-state index contributed by atoms with van der Waals surface area (Å²) in [6.07, 6.45) is 2.63. The SMILES string of the molecule is CCCc1nc(CN(CC)CCC(=O)OC)cs1. The van der Waals surface area contributed by atoms with E-state index >= 15 is 0 Å². The van der Waals surface area contributed by atoms with Crippen molar-refractivity contribution < 1.29 is 9.53 Å². The molecule has 0 aliphatic rings. The third-order valence-corrected chi connectivity index (χ3v) is 3.71. The first-order chi connectivity index (χ1) is 8.69.